The molecule has 0 aromatic heterocycles. The van der Waals surface area contributed by atoms with E-state index in [9.17, 15) is 8.42 Å². The maximum absolute atomic E-state index is 12.7. The number of hydrogen-bond donors (Lipinski definition) is 2. The van der Waals surface area contributed by atoms with Crippen LogP contribution in [0.1, 0.15) is 45.1 Å². The maximum atomic E-state index is 12.7. The first kappa shape index (κ1) is 16.3. The quantitative estimate of drug-likeness (QED) is 0.840. The van der Waals surface area contributed by atoms with Crippen LogP contribution in [0.25, 0.3) is 0 Å². The summed E-state index contributed by atoms with van der Waals surface area (Å²) in [6.45, 7) is 6.12. The SMILES string of the molecule is Cc1cccc(N)c1S(=O)(=O)NC1CCCCC1C(C)C. The summed E-state index contributed by atoms with van der Waals surface area (Å²) < 4.78 is 28.4. The zero-order valence-corrected chi connectivity index (χ0v) is 13.9. The molecule has 1 aliphatic carbocycles. The summed E-state index contributed by atoms with van der Waals surface area (Å²) in [5.74, 6) is 0.881. The molecule has 0 spiro atoms. The number of benzene rings is 1. The van der Waals surface area contributed by atoms with Crippen molar-refractivity contribution in [2.45, 2.75) is 57.4 Å². The first-order chi connectivity index (χ1) is 9.83. The van der Waals surface area contributed by atoms with Crippen molar-refractivity contribution in [1.82, 2.24) is 4.72 Å². The second kappa shape index (κ2) is 6.36. The molecule has 2 rings (SSSR count). The molecule has 1 fully saturated rings. The molecule has 1 aliphatic rings. The number of hydrogen-bond acceptors (Lipinski definition) is 3. The summed E-state index contributed by atoms with van der Waals surface area (Å²) in [7, 11) is -3.56. The number of rotatable bonds is 4. The highest BCUT2D eigenvalue weighted by atomic mass is 32.2. The molecule has 1 aromatic rings. The van der Waals surface area contributed by atoms with Crippen molar-refractivity contribution in [3.05, 3.63) is 23.8 Å². The van der Waals surface area contributed by atoms with Crippen molar-refractivity contribution in [3.63, 3.8) is 0 Å². The topological polar surface area (TPSA) is 72.2 Å². The molecular weight excluding hydrogens is 284 g/mol. The standard InChI is InChI=1S/C16H26N2O2S/c1-11(2)13-8-4-5-10-15(13)18-21(19,20)16-12(3)7-6-9-14(16)17/h6-7,9,11,13,15,18H,4-5,8,10,17H2,1-3H3. The van der Waals surface area contributed by atoms with Crippen molar-refractivity contribution in [2.24, 2.45) is 11.8 Å². The molecule has 2 unspecified atom stereocenters. The number of nitrogens with two attached hydrogens (primary N) is 1. The van der Waals surface area contributed by atoms with Crippen molar-refractivity contribution >= 4 is 15.7 Å². The van der Waals surface area contributed by atoms with Crippen LogP contribution >= 0.6 is 0 Å². The highest BCUT2D eigenvalue weighted by molar-refractivity contribution is 7.89. The van der Waals surface area contributed by atoms with Gasteiger partial charge in [0.1, 0.15) is 4.90 Å². The predicted molar refractivity (Wildman–Crippen MR) is 86.5 cm³/mol. The summed E-state index contributed by atoms with van der Waals surface area (Å²) in [5.41, 5.74) is 6.90. The van der Waals surface area contributed by atoms with Crippen LogP contribution in [0.2, 0.25) is 0 Å². The average molecular weight is 310 g/mol. The zero-order chi connectivity index (χ0) is 15.6. The minimum atomic E-state index is -3.56. The van der Waals surface area contributed by atoms with Gasteiger partial charge in [-0.05, 0) is 43.2 Å². The number of anilines is 1. The molecule has 0 saturated heterocycles. The fourth-order valence-electron chi connectivity index (χ4n) is 3.40. The molecule has 2 atom stereocenters. The first-order valence-electron chi connectivity index (χ1n) is 7.70. The van der Waals surface area contributed by atoms with E-state index in [0.717, 1.165) is 19.3 Å². The largest absolute Gasteiger partial charge is 0.398 e. The number of aryl methyl sites for hydroxylation is 1. The van der Waals surface area contributed by atoms with Gasteiger partial charge in [-0.3, -0.25) is 0 Å². The highest BCUT2D eigenvalue weighted by Gasteiger charge is 2.32. The molecule has 0 bridgehead atoms. The Labute approximate surface area is 128 Å². The second-order valence-electron chi connectivity index (χ2n) is 6.41. The van der Waals surface area contributed by atoms with Gasteiger partial charge < -0.3 is 5.73 Å². The Morgan fingerprint density at radius 3 is 2.52 bits per heavy atom. The van der Waals surface area contributed by atoms with Gasteiger partial charge in [-0.25, -0.2) is 13.1 Å². The van der Waals surface area contributed by atoms with Crippen molar-refractivity contribution in [3.8, 4) is 0 Å². The van der Waals surface area contributed by atoms with Gasteiger partial charge in [0.25, 0.3) is 0 Å². The van der Waals surface area contributed by atoms with Crippen molar-refractivity contribution in [2.75, 3.05) is 5.73 Å². The zero-order valence-electron chi connectivity index (χ0n) is 13.1. The molecule has 0 amide bonds. The molecule has 0 radical (unpaired) electrons. The lowest BCUT2D eigenvalue weighted by atomic mass is 9.78. The van der Waals surface area contributed by atoms with Crippen LogP contribution < -0.4 is 10.5 Å². The fraction of sp³-hybridized carbons (Fsp3) is 0.625. The van der Waals surface area contributed by atoms with Gasteiger partial charge in [-0.1, -0.05) is 38.8 Å². The Balaban J connectivity index is 2.28. The molecule has 118 valence electrons. The van der Waals surface area contributed by atoms with E-state index in [4.69, 9.17) is 5.73 Å². The molecule has 0 heterocycles. The summed E-state index contributed by atoms with van der Waals surface area (Å²) in [4.78, 5) is 0.234. The Kier molecular flexibility index (Phi) is 4.94. The van der Waals surface area contributed by atoms with Gasteiger partial charge >= 0.3 is 0 Å². The molecule has 0 aliphatic heterocycles. The smallest absolute Gasteiger partial charge is 0.243 e. The predicted octanol–water partition coefficient (Wildman–Crippen LogP) is 3.07. The molecule has 4 nitrogen and oxygen atoms in total. The Morgan fingerprint density at radius 2 is 1.90 bits per heavy atom. The van der Waals surface area contributed by atoms with Gasteiger partial charge in [0.05, 0.1) is 5.69 Å². The lowest BCUT2D eigenvalue weighted by Crippen LogP contribution is -2.44. The summed E-state index contributed by atoms with van der Waals surface area (Å²) in [6.07, 6.45) is 4.27. The van der Waals surface area contributed by atoms with E-state index in [2.05, 4.69) is 18.6 Å². The van der Waals surface area contributed by atoms with Gasteiger partial charge in [-0.15, -0.1) is 0 Å². The minimum Gasteiger partial charge on any atom is -0.398 e. The molecular formula is C16H26N2O2S. The average Bonchev–Trinajstić information content (AvgIpc) is 2.37. The van der Waals surface area contributed by atoms with E-state index in [1.165, 1.54) is 6.42 Å². The van der Waals surface area contributed by atoms with Crippen LogP contribution in [-0.4, -0.2) is 14.5 Å². The Bertz CT molecular complexity index is 576. The lowest BCUT2D eigenvalue weighted by Gasteiger charge is -2.34. The molecule has 21 heavy (non-hydrogen) atoms. The van der Waals surface area contributed by atoms with Crippen LogP contribution in [0, 0.1) is 18.8 Å². The van der Waals surface area contributed by atoms with Crippen molar-refractivity contribution < 1.29 is 8.42 Å². The molecule has 1 saturated carbocycles. The Hall–Kier alpha value is -1.07. The highest BCUT2D eigenvalue weighted by Crippen LogP contribution is 2.32. The van der Waals surface area contributed by atoms with Gasteiger partial charge in [0.15, 0.2) is 0 Å². The third-order valence-electron chi connectivity index (χ3n) is 4.49. The number of nitrogen functional groups attached to an aromatic ring is 1. The van der Waals surface area contributed by atoms with E-state index in [-0.39, 0.29) is 10.9 Å². The fourth-order valence-corrected chi connectivity index (χ4v) is 5.08. The molecule has 5 heteroatoms. The molecule has 3 N–H and O–H groups in total. The minimum absolute atomic E-state index is 0.0164. The van der Waals surface area contributed by atoms with Crippen LogP contribution in [0.15, 0.2) is 23.1 Å². The summed E-state index contributed by atoms with van der Waals surface area (Å²) in [6, 6.07) is 5.22. The van der Waals surface area contributed by atoms with E-state index in [1.54, 1.807) is 25.1 Å². The van der Waals surface area contributed by atoms with Gasteiger partial charge in [0.2, 0.25) is 10.0 Å². The normalized spacial score (nSPS) is 23.4. The van der Waals surface area contributed by atoms with E-state index < -0.39 is 10.0 Å². The number of sulfonamides is 1. The van der Waals surface area contributed by atoms with Crippen LogP contribution in [0.3, 0.4) is 0 Å². The van der Waals surface area contributed by atoms with E-state index in [1.807, 2.05) is 0 Å². The maximum Gasteiger partial charge on any atom is 0.243 e. The lowest BCUT2D eigenvalue weighted by molar-refractivity contribution is 0.226. The van der Waals surface area contributed by atoms with Crippen LogP contribution in [-0.2, 0) is 10.0 Å². The van der Waals surface area contributed by atoms with Crippen LogP contribution in [0.5, 0.6) is 0 Å². The summed E-state index contributed by atoms with van der Waals surface area (Å²) >= 11 is 0. The summed E-state index contributed by atoms with van der Waals surface area (Å²) in [5, 5.41) is 0. The van der Waals surface area contributed by atoms with Gasteiger partial charge in [-0.2, -0.15) is 0 Å². The Morgan fingerprint density at radius 1 is 1.24 bits per heavy atom. The third-order valence-corrected chi connectivity index (χ3v) is 6.20. The monoisotopic (exact) mass is 310 g/mol. The molecule has 1 aromatic carbocycles. The first-order valence-corrected chi connectivity index (χ1v) is 9.18. The van der Waals surface area contributed by atoms with Crippen LogP contribution in [0.4, 0.5) is 5.69 Å². The van der Waals surface area contributed by atoms with Gasteiger partial charge in [0, 0.05) is 6.04 Å². The number of nitrogens with one attached hydrogen (secondary N) is 1. The van der Waals surface area contributed by atoms with E-state index in [0.29, 0.717) is 23.1 Å². The second-order valence-corrected chi connectivity index (χ2v) is 8.06. The third kappa shape index (κ3) is 3.58. The van der Waals surface area contributed by atoms with E-state index >= 15 is 0 Å². The van der Waals surface area contributed by atoms with Crippen molar-refractivity contribution in [1.29, 1.82) is 0 Å².